The number of ether oxygens (including phenoxy) is 2. The minimum atomic E-state index is -0.699. The summed E-state index contributed by atoms with van der Waals surface area (Å²) >= 11 is 5.84. The Balaban J connectivity index is 1.64. The number of hydrogen-bond acceptors (Lipinski definition) is 6. The second-order valence-corrected chi connectivity index (χ2v) is 9.28. The number of amides is 2. The average molecular weight is 516 g/mol. The van der Waals surface area contributed by atoms with Crippen LogP contribution in [-0.4, -0.2) is 43.0 Å². The molecule has 0 bridgehead atoms. The fraction of sp³-hybridized carbons (Fsp3) is 0.462. The number of aromatic nitrogens is 1. The molecule has 10 heteroatoms. The number of methoxy groups -OCH3 is 2. The fourth-order valence-electron chi connectivity index (χ4n) is 4.34. The Labute approximate surface area is 216 Å². The van der Waals surface area contributed by atoms with Crippen LogP contribution < -0.4 is 25.8 Å². The van der Waals surface area contributed by atoms with Crippen molar-refractivity contribution in [3.63, 3.8) is 0 Å². The molecule has 1 unspecified atom stereocenters. The Hall–Kier alpha value is -3.33. The highest BCUT2D eigenvalue weighted by Crippen LogP contribution is 2.29. The molecule has 0 radical (unpaired) electrons. The quantitative estimate of drug-likeness (QED) is 0.253. The van der Waals surface area contributed by atoms with Crippen molar-refractivity contribution in [2.24, 2.45) is 16.6 Å². The number of benzene rings is 1. The number of nitrogens with one attached hydrogen (secondary N) is 2. The molecule has 1 aromatic heterocycles. The molecule has 0 spiro atoms. The normalized spacial score (nSPS) is 15.1. The highest BCUT2D eigenvalue weighted by molar-refractivity contribution is 6.29. The first-order valence-electron chi connectivity index (χ1n) is 12.1. The Kier molecular flexibility index (Phi) is 10.4. The number of nitrogens with two attached hydrogens (primary N) is 1. The Morgan fingerprint density at radius 2 is 1.83 bits per heavy atom. The van der Waals surface area contributed by atoms with E-state index in [0.29, 0.717) is 35.5 Å². The van der Waals surface area contributed by atoms with E-state index in [4.69, 9.17) is 26.8 Å². The van der Waals surface area contributed by atoms with E-state index in [1.54, 1.807) is 43.6 Å². The molecule has 9 nitrogen and oxygen atoms in total. The summed E-state index contributed by atoms with van der Waals surface area (Å²) in [6.07, 6.45) is 7.90. The molecule has 4 N–H and O–H groups in total. The van der Waals surface area contributed by atoms with Crippen molar-refractivity contribution < 1.29 is 19.1 Å². The number of hydrogen-bond donors (Lipinski definition) is 3. The standard InChI is InChI=1S/C26H34ClN5O4/c1-35-21-10-8-18(13-22(21)36-2)14-24(33)32-26(28)31-20(12-17-6-4-3-5-7-17)25(34)30-16-19-9-11-23(27)29-15-19/h8-11,13,15,17,20H,3-7,12,14,16H2,1-2H3,(H,30,34)(H3,28,31,32,33). The molecular weight excluding hydrogens is 482 g/mol. The lowest BCUT2D eigenvalue weighted by molar-refractivity contribution is -0.123. The van der Waals surface area contributed by atoms with Crippen molar-refractivity contribution in [1.29, 1.82) is 0 Å². The predicted molar refractivity (Wildman–Crippen MR) is 139 cm³/mol. The minimum Gasteiger partial charge on any atom is -0.493 e. The van der Waals surface area contributed by atoms with Crippen LogP contribution in [-0.2, 0) is 22.6 Å². The zero-order valence-electron chi connectivity index (χ0n) is 20.8. The number of pyridine rings is 1. The van der Waals surface area contributed by atoms with Crippen molar-refractivity contribution in [3.05, 3.63) is 52.8 Å². The number of halogens is 1. The summed E-state index contributed by atoms with van der Waals surface area (Å²) in [5, 5.41) is 5.91. The minimum absolute atomic E-state index is 0.0691. The van der Waals surface area contributed by atoms with Gasteiger partial charge in [-0.25, -0.2) is 9.98 Å². The van der Waals surface area contributed by atoms with Gasteiger partial charge in [-0.3, -0.25) is 14.9 Å². The first-order chi connectivity index (χ1) is 17.4. The second-order valence-electron chi connectivity index (χ2n) is 8.89. The van der Waals surface area contributed by atoms with Crippen LogP contribution >= 0.6 is 11.6 Å². The van der Waals surface area contributed by atoms with Crippen LogP contribution in [0.5, 0.6) is 11.5 Å². The van der Waals surface area contributed by atoms with Crippen LogP contribution in [0.15, 0.2) is 41.5 Å². The van der Waals surface area contributed by atoms with Gasteiger partial charge in [0.2, 0.25) is 11.8 Å². The average Bonchev–Trinajstić information content (AvgIpc) is 2.88. The number of guanidine groups is 1. The molecule has 2 amide bonds. The summed E-state index contributed by atoms with van der Waals surface area (Å²) in [6.45, 7) is 0.297. The summed E-state index contributed by atoms with van der Waals surface area (Å²) in [4.78, 5) is 34.1. The maximum absolute atomic E-state index is 13.0. The van der Waals surface area contributed by atoms with Crippen molar-refractivity contribution >= 4 is 29.4 Å². The van der Waals surface area contributed by atoms with E-state index in [2.05, 4.69) is 20.6 Å². The Bertz CT molecular complexity index is 1050. The van der Waals surface area contributed by atoms with Gasteiger partial charge in [-0.1, -0.05) is 55.8 Å². The second kappa shape index (κ2) is 13.7. The van der Waals surface area contributed by atoms with E-state index in [1.807, 2.05) is 0 Å². The molecule has 1 fully saturated rings. The van der Waals surface area contributed by atoms with Gasteiger partial charge in [-0.05, 0) is 41.7 Å². The number of nitrogens with zero attached hydrogens (tertiary/aromatic N) is 2. The van der Waals surface area contributed by atoms with E-state index in [9.17, 15) is 9.59 Å². The zero-order chi connectivity index (χ0) is 25.9. The number of aliphatic imine (C=N–C) groups is 1. The summed E-state index contributed by atoms with van der Waals surface area (Å²) < 4.78 is 10.5. The van der Waals surface area contributed by atoms with Crippen LogP contribution in [0, 0.1) is 5.92 Å². The van der Waals surface area contributed by atoms with E-state index >= 15 is 0 Å². The van der Waals surface area contributed by atoms with Gasteiger partial charge in [0.25, 0.3) is 0 Å². The molecule has 1 aromatic carbocycles. The molecule has 1 heterocycles. The van der Waals surface area contributed by atoms with Crippen molar-refractivity contribution in [2.75, 3.05) is 14.2 Å². The summed E-state index contributed by atoms with van der Waals surface area (Å²) in [5.74, 6) is 0.841. The lowest BCUT2D eigenvalue weighted by Gasteiger charge is -2.24. The highest BCUT2D eigenvalue weighted by Gasteiger charge is 2.24. The first-order valence-corrected chi connectivity index (χ1v) is 12.5. The van der Waals surface area contributed by atoms with E-state index < -0.39 is 6.04 Å². The van der Waals surface area contributed by atoms with Crippen LogP contribution in [0.1, 0.15) is 49.7 Å². The van der Waals surface area contributed by atoms with Crippen LogP contribution in [0.3, 0.4) is 0 Å². The molecule has 1 atom stereocenters. The van der Waals surface area contributed by atoms with Gasteiger partial charge in [0.1, 0.15) is 11.2 Å². The van der Waals surface area contributed by atoms with Crippen molar-refractivity contribution in [3.8, 4) is 11.5 Å². The maximum atomic E-state index is 13.0. The highest BCUT2D eigenvalue weighted by atomic mass is 35.5. The SMILES string of the molecule is COc1ccc(CC(=O)NC(N)=NC(CC2CCCCC2)C(=O)NCc2ccc(Cl)nc2)cc1OC. The van der Waals surface area contributed by atoms with Gasteiger partial charge in [-0.15, -0.1) is 0 Å². The molecular formula is C26H34ClN5O4. The third-order valence-electron chi connectivity index (χ3n) is 6.21. The summed E-state index contributed by atoms with van der Waals surface area (Å²) in [7, 11) is 3.08. The van der Waals surface area contributed by atoms with E-state index in [-0.39, 0.29) is 24.2 Å². The van der Waals surface area contributed by atoms with Crippen LogP contribution in [0.25, 0.3) is 0 Å². The lowest BCUT2D eigenvalue weighted by atomic mass is 9.85. The van der Waals surface area contributed by atoms with Crippen LogP contribution in [0.4, 0.5) is 0 Å². The molecule has 1 aliphatic carbocycles. The Morgan fingerprint density at radius 3 is 2.50 bits per heavy atom. The monoisotopic (exact) mass is 515 g/mol. The van der Waals surface area contributed by atoms with Gasteiger partial charge in [-0.2, -0.15) is 0 Å². The van der Waals surface area contributed by atoms with Gasteiger partial charge >= 0.3 is 0 Å². The van der Waals surface area contributed by atoms with Gasteiger partial charge in [0.05, 0.1) is 20.6 Å². The maximum Gasteiger partial charge on any atom is 0.245 e. The van der Waals surface area contributed by atoms with E-state index in [1.165, 1.54) is 13.5 Å². The summed E-state index contributed by atoms with van der Waals surface area (Å²) in [5.41, 5.74) is 7.62. The smallest absolute Gasteiger partial charge is 0.245 e. The Morgan fingerprint density at radius 1 is 1.11 bits per heavy atom. The zero-order valence-corrected chi connectivity index (χ0v) is 21.5. The van der Waals surface area contributed by atoms with E-state index in [0.717, 1.165) is 36.8 Å². The third kappa shape index (κ3) is 8.41. The first kappa shape index (κ1) is 27.3. The predicted octanol–water partition coefficient (Wildman–Crippen LogP) is 3.38. The van der Waals surface area contributed by atoms with Gasteiger partial charge in [0, 0.05) is 12.7 Å². The molecule has 3 rings (SSSR count). The number of rotatable bonds is 10. The molecule has 194 valence electrons. The third-order valence-corrected chi connectivity index (χ3v) is 6.44. The molecule has 1 saturated carbocycles. The molecule has 0 saturated heterocycles. The number of carbonyl (C=O) groups is 2. The summed E-state index contributed by atoms with van der Waals surface area (Å²) in [6, 6.07) is 8.02. The molecule has 0 aliphatic heterocycles. The van der Waals surface area contributed by atoms with Crippen LogP contribution in [0.2, 0.25) is 5.15 Å². The lowest BCUT2D eigenvalue weighted by Crippen LogP contribution is -2.42. The topological polar surface area (TPSA) is 128 Å². The molecule has 36 heavy (non-hydrogen) atoms. The molecule has 2 aromatic rings. The van der Waals surface area contributed by atoms with Crippen molar-refractivity contribution in [2.45, 2.75) is 57.5 Å². The van der Waals surface area contributed by atoms with Crippen molar-refractivity contribution in [1.82, 2.24) is 15.6 Å². The fourth-order valence-corrected chi connectivity index (χ4v) is 4.45. The number of carbonyl (C=O) groups excluding carboxylic acids is 2. The largest absolute Gasteiger partial charge is 0.493 e. The molecule has 1 aliphatic rings. The van der Waals surface area contributed by atoms with Gasteiger partial charge < -0.3 is 20.5 Å². The van der Waals surface area contributed by atoms with Gasteiger partial charge in [0.15, 0.2) is 17.5 Å².